The minimum Gasteiger partial charge on any atom is -0.382 e. The van der Waals surface area contributed by atoms with Crippen LogP contribution in [-0.4, -0.2) is 6.04 Å². The molecular formula is C11H16ClN. The van der Waals surface area contributed by atoms with Gasteiger partial charge in [0.25, 0.3) is 0 Å². The molecule has 0 aromatic heterocycles. The SMILES string of the molecule is CCC(C)Nc1cc(Cl)ccc1C. The van der Waals surface area contributed by atoms with Gasteiger partial charge < -0.3 is 5.32 Å². The number of halogens is 1. The van der Waals surface area contributed by atoms with Crippen LogP contribution in [0.4, 0.5) is 5.69 Å². The molecule has 0 aliphatic carbocycles. The van der Waals surface area contributed by atoms with Crippen molar-refractivity contribution >= 4 is 17.3 Å². The lowest BCUT2D eigenvalue weighted by molar-refractivity contribution is 0.763. The predicted molar refractivity (Wildman–Crippen MR) is 59.6 cm³/mol. The summed E-state index contributed by atoms with van der Waals surface area (Å²) >= 11 is 5.90. The summed E-state index contributed by atoms with van der Waals surface area (Å²) in [6.07, 6.45) is 1.12. The van der Waals surface area contributed by atoms with Crippen LogP contribution >= 0.6 is 11.6 Å². The highest BCUT2D eigenvalue weighted by molar-refractivity contribution is 6.30. The molecule has 0 bridgehead atoms. The van der Waals surface area contributed by atoms with Crippen LogP contribution in [0.5, 0.6) is 0 Å². The van der Waals surface area contributed by atoms with Gasteiger partial charge in [-0.25, -0.2) is 0 Å². The summed E-state index contributed by atoms with van der Waals surface area (Å²) in [7, 11) is 0. The average Bonchev–Trinajstić information content (AvgIpc) is 2.11. The highest BCUT2D eigenvalue weighted by Crippen LogP contribution is 2.21. The van der Waals surface area contributed by atoms with Crippen molar-refractivity contribution in [3.63, 3.8) is 0 Å². The van der Waals surface area contributed by atoms with Crippen LogP contribution in [0.2, 0.25) is 5.02 Å². The summed E-state index contributed by atoms with van der Waals surface area (Å²) in [5.41, 5.74) is 2.38. The lowest BCUT2D eigenvalue weighted by atomic mass is 10.1. The molecule has 0 saturated carbocycles. The van der Waals surface area contributed by atoms with Crippen molar-refractivity contribution in [2.24, 2.45) is 0 Å². The van der Waals surface area contributed by atoms with Gasteiger partial charge in [0.15, 0.2) is 0 Å². The molecule has 0 amide bonds. The first-order chi connectivity index (χ1) is 6.13. The average molecular weight is 198 g/mol. The lowest BCUT2D eigenvalue weighted by Gasteiger charge is -2.15. The van der Waals surface area contributed by atoms with Gasteiger partial charge in [-0.15, -0.1) is 0 Å². The fourth-order valence-electron chi connectivity index (χ4n) is 1.12. The molecule has 1 N–H and O–H groups in total. The van der Waals surface area contributed by atoms with Gasteiger partial charge in [0.1, 0.15) is 0 Å². The smallest absolute Gasteiger partial charge is 0.0426 e. The van der Waals surface area contributed by atoms with Crippen LogP contribution in [0.15, 0.2) is 18.2 Å². The van der Waals surface area contributed by atoms with Crippen molar-refractivity contribution in [1.82, 2.24) is 0 Å². The Morgan fingerprint density at radius 1 is 1.46 bits per heavy atom. The number of benzene rings is 1. The minimum absolute atomic E-state index is 0.497. The molecular weight excluding hydrogens is 182 g/mol. The van der Waals surface area contributed by atoms with E-state index in [0.717, 1.165) is 17.1 Å². The number of hydrogen-bond donors (Lipinski definition) is 1. The third kappa shape index (κ3) is 2.92. The zero-order chi connectivity index (χ0) is 9.84. The van der Waals surface area contributed by atoms with Crippen molar-refractivity contribution in [3.8, 4) is 0 Å². The zero-order valence-electron chi connectivity index (χ0n) is 8.39. The van der Waals surface area contributed by atoms with Gasteiger partial charge >= 0.3 is 0 Å². The quantitative estimate of drug-likeness (QED) is 0.776. The van der Waals surface area contributed by atoms with E-state index in [1.165, 1.54) is 5.56 Å². The van der Waals surface area contributed by atoms with Crippen LogP contribution < -0.4 is 5.32 Å². The summed E-state index contributed by atoms with van der Waals surface area (Å²) in [5.74, 6) is 0. The predicted octanol–water partition coefficient (Wildman–Crippen LogP) is 3.86. The highest BCUT2D eigenvalue weighted by atomic mass is 35.5. The second-order valence-electron chi connectivity index (χ2n) is 3.41. The maximum atomic E-state index is 5.90. The van der Waals surface area contributed by atoms with Crippen molar-refractivity contribution in [2.75, 3.05) is 5.32 Å². The molecule has 72 valence electrons. The maximum absolute atomic E-state index is 5.90. The second-order valence-corrected chi connectivity index (χ2v) is 3.85. The first-order valence-electron chi connectivity index (χ1n) is 4.66. The monoisotopic (exact) mass is 197 g/mol. The molecule has 0 aliphatic heterocycles. The Morgan fingerprint density at radius 3 is 2.77 bits per heavy atom. The molecule has 1 nitrogen and oxygen atoms in total. The molecule has 1 rings (SSSR count). The van der Waals surface area contributed by atoms with E-state index in [9.17, 15) is 0 Å². The van der Waals surface area contributed by atoms with Crippen LogP contribution in [-0.2, 0) is 0 Å². The molecule has 0 heterocycles. The Morgan fingerprint density at radius 2 is 2.15 bits per heavy atom. The van der Waals surface area contributed by atoms with Crippen LogP contribution in [0.3, 0.4) is 0 Å². The lowest BCUT2D eigenvalue weighted by Crippen LogP contribution is -2.14. The van der Waals surface area contributed by atoms with Gasteiger partial charge in [0.2, 0.25) is 0 Å². The molecule has 1 unspecified atom stereocenters. The normalized spacial score (nSPS) is 12.6. The molecule has 0 fully saturated rings. The van der Waals surface area contributed by atoms with Gasteiger partial charge in [-0.3, -0.25) is 0 Å². The van der Waals surface area contributed by atoms with E-state index in [4.69, 9.17) is 11.6 Å². The van der Waals surface area contributed by atoms with Crippen LogP contribution in [0.1, 0.15) is 25.8 Å². The summed E-state index contributed by atoms with van der Waals surface area (Å²) in [6.45, 7) is 6.42. The largest absolute Gasteiger partial charge is 0.382 e. The topological polar surface area (TPSA) is 12.0 Å². The second kappa shape index (κ2) is 4.52. The van der Waals surface area contributed by atoms with E-state index in [-0.39, 0.29) is 0 Å². The van der Waals surface area contributed by atoms with Gasteiger partial charge in [0, 0.05) is 16.8 Å². The number of hydrogen-bond acceptors (Lipinski definition) is 1. The summed E-state index contributed by atoms with van der Waals surface area (Å²) in [6, 6.07) is 6.42. The molecule has 1 atom stereocenters. The van der Waals surface area contributed by atoms with Gasteiger partial charge in [0.05, 0.1) is 0 Å². The molecule has 0 radical (unpaired) electrons. The molecule has 13 heavy (non-hydrogen) atoms. The summed E-state index contributed by atoms with van der Waals surface area (Å²) in [5, 5.41) is 4.20. The highest BCUT2D eigenvalue weighted by Gasteiger charge is 2.02. The molecule has 0 spiro atoms. The van der Waals surface area contributed by atoms with Gasteiger partial charge in [-0.1, -0.05) is 24.6 Å². The van der Waals surface area contributed by atoms with E-state index >= 15 is 0 Å². The number of nitrogens with one attached hydrogen (secondary N) is 1. The van der Waals surface area contributed by atoms with Crippen molar-refractivity contribution in [2.45, 2.75) is 33.2 Å². The van der Waals surface area contributed by atoms with E-state index in [1.54, 1.807) is 0 Å². The summed E-state index contributed by atoms with van der Waals surface area (Å²) < 4.78 is 0. The number of aryl methyl sites for hydroxylation is 1. The maximum Gasteiger partial charge on any atom is 0.0426 e. The third-order valence-electron chi connectivity index (χ3n) is 2.21. The molecule has 0 saturated heterocycles. The standard InChI is InChI=1S/C11H16ClN/c1-4-9(3)13-11-7-10(12)6-5-8(11)2/h5-7,9,13H,4H2,1-3H3. The summed E-state index contributed by atoms with van der Waals surface area (Å²) in [4.78, 5) is 0. The van der Waals surface area contributed by atoms with Crippen molar-refractivity contribution < 1.29 is 0 Å². The zero-order valence-corrected chi connectivity index (χ0v) is 9.15. The van der Waals surface area contributed by atoms with Gasteiger partial charge in [-0.2, -0.15) is 0 Å². The van der Waals surface area contributed by atoms with Crippen molar-refractivity contribution in [3.05, 3.63) is 28.8 Å². The molecule has 1 aromatic carbocycles. The van der Waals surface area contributed by atoms with Crippen molar-refractivity contribution in [1.29, 1.82) is 0 Å². The fraction of sp³-hybridized carbons (Fsp3) is 0.455. The van der Waals surface area contributed by atoms with E-state index in [1.807, 2.05) is 18.2 Å². The third-order valence-corrected chi connectivity index (χ3v) is 2.45. The van der Waals surface area contributed by atoms with Crippen LogP contribution in [0, 0.1) is 6.92 Å². The Bertz CT molecular complexity index is 283. The first kappa shape index (κ1) is 10.4. The Balaban J connectivity index is 2.81. The Kier molecular flexibility index (Phi) is 3.61. The van der Waals surface area contributed by atoms with E-state index in [2.05, 4.69) is 26.1 Å². The molecule has 0 aliphatic rings. The molecule has 1 aromatic rings. The van der Waals surface area contributed by atoms with Gasteiger partial charge in [-0.05, 0) is 38.0 Å². The minimum atomic E-state index is 0.497. The molecule has 2 heteroatoms. The Hall–Kier alpha value is -0.690. The number of anilines is 1. The fourth-order valence-corrected chi connectivity index (χ4v) is 1.29. The van der Waals surface area contributed by atoms with E-state index < -0.39 is 0 Å². The Labute approximate surface area is 85.1 Å². The first-order valence-corrected chi connectivity index (χ1v) is 5.04. The van der Waals surface area contributed by atoms with E-state index in [0.29, 0.717) is 6.04 Å². The number of rotatable bonds is 3. The van der Waals surface area contributed by atoms with Crippen LogP contribution in [0.25, 0.3) is 0 Å².